The van der Waals surface area contributed by atoms with Crippen LogP contribution in [0.5, 0.6) is 0 Å². The maximum Gasteiger partial charge on any atom is 0.110 e. The Bertz CT molecular complexity index is 162. The van der Waals surface area contributed by atoms with E-state index in [4.69, 9.17) is 7.85 Å². The van der Waals surface area contributed by atoms with Gasteiger partial charge in [0.2, 0.25) is 0 Å². The summed E-state index contributed by atoms with van der Waals surface area (Å²) in [4.78, 5) is 4.12. The molecule has 0 saturated heterocycles. The lowest BCUT2D eigenvalue weighted by molar-refractivity contribution is 1.25. The fraction of sp³-hybridized carbons (Fsp3) is 0.500. The summed E-state index contributed by atoms with van der Waals surface area (Å²) in [5, 5.41) is 0. The largest absolute Gasteiger partial charge is 0.286 e. The van der Waals surface area contributed by atoms with Crippen LogP contribution in [0.4, 0.5) is 0 Å². The molecule has 0 aliphatic carbocycles. The highest BCUT2D eigenvalue weighted by atomic mass is 14.8. The fourth-order valence-corrected chi connectivity index (χ4v) is 0.673. The summed E-state index contributed by atoms with van der Waals surface area (Å²) in [5.74, 6) is 0. The molecule has 0 spiro atoms. The molecule has 0 aromatic heterocycles. The number of hydrogen-bond acceptors (Lipinski definition) is 1. The van der Waals surface area contributed by atoms with E-state index in [9.17, 15) is 0 Å². The van der Waals surface area contributed by atoms with Crippen molar-refractivity contribution >= 4 is 13.6 Å². The second-order valence-corrected chi connectivity index (χ2v) is 2.05. The number of nitrogens with zero attached hydrogens (tertiary/aromatic N) is 1. The molecular formula is C6H8BN. The Labute approximate surface area is 50.9 Å². The van der Waals surface area contributed by atoms with Crippen molar-refractivity contribution in [2.45, 2.75) is 13.8 Å². The fourth-order valence-electron chi connectivity index (χ4n) is 0.673. The minimum absolute atomic E-state index is 0.706. The van der Waals surface area contributed by atoms with Gasteiger partial charge >= 0.3 is 0 Å². The lowest BCUT2D eigenvalue weighted by atomic mass is 9.91. The minimum Gasteiger partial charge on any atom is -0.286 e. The molecule has 0 aromatic carbocycles. The monoisotopic (exact) mass is 105 g/mol. The van der Waals surface area contributed by atoms with Crippen LogP contribution in [0.1, 0.15) is 13.8 Å². The smallest absolute Gasteiger partial charge is 0.110 e. The van der Waals surface area contributed by atoms with Crippen molar-refractivity contribution in [2.24, 2.45) is 4.99 Å². The Morgan fingerprint density at radius 2 is 2.12 bits per heavy atom. The summed E-state index contributed by atoms with van der Waals surface area (Å²) in [6.45, 7) is 4.69. The van der Waals surface area contributed by atoms with Crippen LogP contribution in [0.25, 0.3) is 0 Å². The van der Waals surface area contributed by atoms with Crippen LogP contribution in [0.15, 0.2) is 16.0 Å². The van der Waals surface area contributed by atoms with Gasteiger partial charge in [-0.1, -0.05) is 5.47 Å². The molecule has 0 N–H and O–H groups in total. The molecular weight excluding hydrogens is 96.9 g/mol. The Morgan fingerprint density at radius 3 is 2.25 bits per heavy atom. The van der Waals surface area contributed by atoms with Crippen LogP contribution in [0.2, 0.25) is 0 Å². The van der Waals surface area contributed by atoms with Crippen LogP contribution in [0, 0.1) is 0 Å². The predicted octanol–water partition coefficient (Wildman–Crippen LogP) is 0.903. The van der Waals surface area contributed by atoms with E-state index in [1.165, 1.54) is 0 Å². The lowest BCUT2D eigenvalue weighted by Crippen LogP contribution is -1.89. The van der Waals surface area contributed by atoms with Crippen LogP contribution >= 0.6 is 0 Å². The summed E-state index contributed by atoms with van der Waals surface area (Å²) in [7, 11) is 5.53. The van der Waals surface area contributed by atoms with Crippen molar-refractivity contribution in [3.05, 3.63) is 11.0 Å². The highest BCUT2D eigenvalue weighted by Gasteiger charge is 2.04. The van der Waals surface area contributed by atoms with Crippen LogP contribution in [-0.2, 0) is 0 Å². The van der Waals surface area contributed by atoms with E-state index < -0.39 is 0 Å². The molecule has 0 bridgehead atoms. The van der Waals surface area contributed by atoms with Crippen LogP contribution in [0.3, 0.4) is 0 Å². The average molecular weight is 105 g/mol. The van der Waals surface area contributed by atoms with E-state index >= 15 is 0 Å². The molecule has 1 nitrogen and oxygen atoms in total. The second-order valence-electron chi connectivity index (χ2n) is 2.05. The summed E-state index contributed by atoms with van der Waals surface area (Å²) in [6.07, 6.45) is 0. The third kappa shape index (κ3) is 0.704. The maximum atomic E-state index is 5.53. The Kier molecular flexibility index (Phi) is 1.24. The van der Waals surface area contributed by atoms with E-state index in [-0.39, 0.29) is 0 Å². The highest BCUT2D eigenvalue weighted by Crippen LogP contribution is 2.09. The standard InChI is InChI=1S/C6H8BN/c1-4-5(2)8-3-6(4)7/h3H2,1-2H3. The first-order chi connectivity index (χ1) is 3.72. The predicted molar refractivity (Wildman–Crippen MR) is 36.4 cm³/mol. The zero-order valence-electron chi connectivity index (χ0n) is 5.23. The van der Waals surface area contributed by atoms with Gasteiger partial charge in [-0.2, -0.15) is 0 Å². The van der Waals surface area contributed by atoms with Crippen molar-refractivity contribution in [3.63, 3.8) is 0 Å². The van der Waals surface area contributed by atoms with Gasteiger partial charge in [0.05, 0.1) is 6.54 Å². The van der Waals surface area contributed by atoms with Crippen molar-refractivity contribution in [2.75, 3.05) is 6.54 Å². The van der Waals surface area contributed by atoms with Crippen molar-refractivity contribution < 1.29 is 0 Å². The SMILES string of the molecule is [B]C1=C(C)C(C)=NC1. The Hall–Kier alpha value is -0.525. The van der Waals surface area contributed by atoms with Crippen molar-refractivity contribution in [1.82, 2.24) is 0 Å². The summed E-state index contributed by atoms with van der Waals surface area (Å²) in [6, 6.07) is 0. The van der Waals surface area contributed by atoms with E-state index in [0.717, 1.165) is 16.8 Å². The number of rotatable bonds is 0. The van der Waals surface area contributed by atoms with Crippen molar-refractivity contribution in [3.8, 4) is 0 Å². The number of hydrogen-bond donors (Lipinski definition) is 0. The molecule has 0 fully saturated rings. The van der Waals surface area contributed by atoms with Gasteiger partial charge in [0.15, 0.2) is 0 Å². The van der Waals surface area contributed by atoms with Gasteiger partial charge in [0.25, 0.3) is 0 Å². The Balaban J connectivity index is 2.88. The maximum absolute atomic E-state index is 5.53. The zero-order chi connectivity index (χ0) is 6.15. The molecule has 0 aromatic rings. The molecule has 1 rings (SSSR count). The molecule has 40 valence electrons. The molecule has 2 radical (unpaired) electrons. The molecule has 0 unspecified atom stereocenters. The second kappa shape index (κ2) is 1.77. The Morgan fingerprint density at radius 1 is 1.50 bits per heavy atom. The van der Waals surface area contributed by atoms with Gasteiger partial charge in [-0.3, -0.25) is 4.99 Å². The lowest BCUT2D eigenvalue weighted by Gasteiger charge is -1.91. The van der Waals surface area contributed by atoms with Gasteiger partial charge in [0.1, 0.15) is 7.85 Å². The first-order valence-electron chi connectivity index (χ1n) is 2.68. The molecule has 1 aliphatic rings. The highest BCUT2D eigenvalue weighted by molar-refractivity contribution is 6.26. The van der Waals surface area contributed by atoms with Gasteiger partial charge in [-0.05, 0) is 19.4 Å². The van der Waals surface area contributed by atoms with E-state index in [1.54, 1.807) is 0 Å². The zero-order valence-corrected chi connectivity index (χ0v) is 5.23. The van der Waals surface area contributed by atoms with Crippen LogP contribution < -0.4 is 0 Å². The molecule has 1 heterocycles. The van der Waals surface area contributed by atoms with Gasteiger partial charge in [0, 0.05) is 5.71 Å². The summed E-state index contributed by atoms with van der Waals surface area (Å²) >= 11 is 0. The topological polar surface area (TPSA) is 12.4 Å². The molecule has 2 heteroatoms. The molecule has 0 saturated carbocycles. The van der Waals surface area contributed by atoms with Crippen LogP contribution in [-0.4, -0.2) is 20.1 Å². The van der Waals surface area contributed by atoms with Crippen molar-refractivity contribution in [1.29, 1.82) is 0 Å². The van der Waals surface area contributed by atoms with Gasteiger partial charge < -0.3 is 0 Å². The molecule has 8 heavy (non-hydrogen) atoms. The first kappa shape index (κ1) is 5.61. The van der Waals surface area contributed by atoms with E-state index in [0.29, 0.717) is 6.54 Å². The first-order valence-corrected chi connectivity index (χ1v) is 2.68. The third-order valence-corrected chi connectivity index (χ3v) is 1.51. The van der Waals surface area contributed by atoms with Gasteiger partial charge in [-0.15, -0.1) is 0 Å². The summed E-state index contributed by atoms with van der Waals surface area (Å²) in [5.41, 5.74) is 3.16. The van der Waals surface area contributed by atoms with E-state index in [1.807, 2.05) is 13.8 Å². The van der Waals surface area contributed by atoms with E-state index in [2.05, 4.69) is 4.99 Å². The molecule has 1 aliphatic heterocycles. The molecule has 0 amide bonds. The molecule has 0 atom stereocenters. The van der Waals surface area contributed by atoms with Gasteiger partial charge in [-0.25, -0.2) is 0 Å². The number of allylic oxidation sites excluding steroid dienone is 1. The normalized spacial score (nSPS) is 19.5. The number of aliphatic imine (C=N–C) groups is 1. The quantitative estimate of drug-likeness (QED) is 0.406. The average Bonchev–Trinajstić information content (AvgIpc) is 1.98. The third-order valence-electron chi connectivity index (χ3n) is 1.51. The minimum atomic E-state index is 0.706. The summed E-state index contributed by atoms with van der Waals surface area (Å²) < 4.78 is 0.